The molecule has 0 spiro atoms. The van der Waals surface area contributed by atoms with Crippen LogP contribution < -0.4 is 5.56 Å². The Kier molecular flexibility index (Phi) is 4.95. The molecule has 0 saturated heterocycles. The number of nitrogens with zero attached hydrogens (tertiary/aromatic N) is 1. The first-order valence-electron chi connectivity index (χ1n) is 6.07. The van der Waals surface area contributed by atoms with Gasteiger partial charge < -0.3 is 9.72 Å². The van der Waals surface area contributed by atoms with Crippen molar-refractivity contribution in [2.75, 3.05) is 0 Å². The zero-order valence-corrected chi connectivity index (χ0v) is 11.7. The molecule has 20 heavy (non-hydrogen) atoms. The molecule has 0 bridgehead atoms. The molecule has 0 amide bonds. The van der Waals surface area contributed by atoms with E-state index in [1.807, 2.05) is 30.3 Å². The van der Waals surface area contributed by atoms with Gasteiger partial charge in [0.25, 0.3) is 5.56 Å². The third kappa shape index (κ3) is 4.24. The van der Waals surface area contributed by atoms with Crippen LogP contribution in [0.3, 0.4) is 0 Å². The average Bonchev–Trinajstić information content (AvgIpc) is 2.46. The van der Waals surface area contributed by atoms with E-state index in [0.29, 0.717) is 5.16 Å². The van der Waals surface area contributed by atoms with E-state index in [1.165, 1.54) is 12.3 Å². The number of carbonyl (C=O) groups excluding carboxylic acids is 1. The van der Waals surface area contributed by atoms with Gasteiger partial charge in [0.1, 0.15) is 11.9 Å². The van der Waals surface area contributed by atoms with E-state index in [9.17, 15) is 9.59 Å². The van der Waals surface area contributed by atoms with Crippen molar-refractivity contribution in [1.29, 1.82) is 0 Å². The van der Waals surface area contributed by atoms with Gasteiger partial charge in [0.2, 0.25) is 0 Å². The fourth-order valence-electron chi connectivity index (χ4n) is 1.47. The number of hydrogen-bond acceptors (Lipinski definition) is 5. The number of benzene rings is 1. The van der Waals surface area contributed by atoms with Crippen molar-refractivity contribution in [2.45, 2.75) is 23.9 Å². The standard InChI is InChI=1S/C14H14N2O3S/c1-10(20-14-15-8-7-12(17)16-14)13(18)19-9-11-5-3-2-4-6-11/h2-8,10H,9H2,1H3,(H,15,16,17). The van der Waals surface area contributed by atoms with Crippen LogP contribution in [0.25, 0.3) is 0 Å². The molecule has 0 radical (unpaired) electrons. The van der Waals surface area contributed by atoms with Crippen LogP contribution in [0.5, 0.6) is 0 Å². The summed E-state index contributed by atoms with van der Waals surface area (Å²) in [5, 5.41) is -0.0362. The second-order valence-corrected chi connectivity index (χ2v) is 5.42. The monoisotopic (exact) mass is 290 g/mol. The molecule has 1 heterocycles. The minimum absolute atomic E-state index is 0.239. The minimum Gasteiger partial charge on any atom is -0.460 e. The molecular formula is C14H14N2O3S. The highest BCUT2D eigenvalue weighted by molar-refractivity contribution is 8.00. The molecule has 5 nitrogen and oxygen atoms in total. The second-order valence-electron chi connectivity index (χ2n) is 4.09. The van der Waals surface area contributed by atoms with Crippen LogP contribution in [0.1, 0.15) is 12.5 Å². The highest BCUT2D eigenvalue weighted by Gasteiger charge is 2.17. The van der Waals surface area contributed by atoms with Gasteiger partial charge in [0.15, 0.2) is 5.16 Å². The largest absolute Gasteiger partial charge is 0.460 e. The first-order valence-corrected chi connectivity index (χ1v) is 6.95. The van der Waals surface area contributed by atoms with Gasteiger partial charge in [-0.2, -0.15) is 0 Å². The number of aromatic amines is 1. The Hall–Kier alpha value is -2.08. The number of rotatable bonds is 5. The molecule has 0 fully saturated rings. The van der Waals surface area contributed by atoms with E-state index in [0.717, 1.165) is 17.3 Å². The predicted molar refractivity (Wildman–Crippen MR) is 76.4 cm³/mol. The van der Waals surface area contributed by atoms with Crippen LogP contribution in [0.15, 0.2) is 52.5 Å². The highest BCUT2D eigenvalue weighted by Crippen LogP contribution is 2.19. The summed E-state index contributed by atoms with van der Waals surface area (Å²) in [5.74, 6) is -0.342. The second kappa shape index (κ2) is 6.91. The fourth-order valence-corrected chi connectivity index (χ4v) is 2.25. The van der Waals surface area contributed by atoms with E-state index < -0.39 is 5.25 Å². The summed E-state index contributed by atoms with van der Waals surface area (Å²) >= 11 is 1.16. The topological polar surface area (TPSA) is 72.0 Å². The van der Waals surface area contributed by atoms with Gasteiger partial charge in [-0.3, -0.25) is 9.59 Å². The molecule has 6 heteroatoms. The summed E-state index contributed by atoms with van der Waals surface area (Å²) < 4.78 is 5.21. The Morgan fingerprint density at radius 2 is 2.10 bits per heavy atom. The van der Waals surface area contributed by atoms with Gasteiger partial charge in [0, 0.05) is 12.3 Å². The van der Waals surface area contributed by atoms with Crippen molar-refractivity contribution < 1.29 is 9.53 Å². The van der Waals surface area contributed by atoms with Gasteiger partial charge in [-0.15, -0.1) is 0 Å². The lowest BCUT2D eigenvalue weighted by Crippen LogP contribution is -2.18. The summed E-state index contributed by atoms with van der Waals surface area (Å²) in [6.07, 6.45) is 1.41. The molecule has 0 aliphatic heterocycles. The molecule has 2 rings (SSSR count). The molecule has 0 aliphatic rings. The Labute approximate surface area is 120 Å². The number of aromatic nitrogens is 2. The number of carbonyl (C=O) groups is 1. The SMILES string of the molecule is CC(Sc1nccc(=O)[nH]1)C(=O)OCc1ccccc1. The third-order valence-corrected chi connectivity index (χ3v) is 3.47. The minimum atomic E-state index is -0.440. The van der Waals surface area contributed by atoms with Crippen LogP contribution in [-0.4, -0.2) is 21.2 Å². The van der Waals surface area contributed by atoms with Crippen LogP contribution in [0.4, 0.5) is 0 Å². The van der Waals surface area contributed by atoms with Crippen molar-refractivity contribution in [3.05, 3.63) is 58.5 Å². The lowest BCUT2D eigenvalue weighted by atomic mass is 10.2. The maximum absolute atomic E-state index is 11.8. The van der Waals surface area contributed by atoms with Crippen LogP contribution in [0, 0.1) is 0 Å². The first kappa shape index (κ1) is 14.3. The highest BCUT2D eigenvalue weighted by atomic mass is 32.2. The number of H-pyrrole nitrogens is 1. The first-order chi connectivity index (χ1) is 9.65. The summed E-state index contributed by atoms with van der Waals surface area (Å²) in [7, 11) is 0. The predicted octanol–water partition coefficient (Wildman–Crippen LogP) is 1.99. The van der Waals surface area contributed by atoms with E-state index in [-0.39, 0.29) is 18.1 Å². The number of esters is 1. The van der Waals surface area contributed by atoms with Crippen molar-refractivity contribution in [2.24, 2.45) is 0 Å². The van der Waals surface area contributed by atoms with Crippen molar-refractivity contribution >= 4 is 17.7 Å². The maximum atomic E-state index is 11.8. The van der Waals surface area contributed by atoms with Gasteiger partial charge >= 0.3 is 5.97 Å². The molecular weight excluding hydrogens is 276 g/mol. The Morgan fingerprint density at radius 1 is 1.35 bits per heavy atom. The Balaban J connectivity index is 1.87. The van der Waals surface area contributed by atoms with Gasteiger partial charge in [-0.1, -0.05) is 42.1 Å². The van der Waals surface area contributed by atoms with Crippen molar-refractivity contribution in [3.63, 3.8) is 0 Å². The van der Waals surface area contributed by atoms with Gasteiger partial charge in [-0.25, -0.2) is 4.98 Å². The molecule has 1 atom stereocenters. The van der Waals surface area contributed by atoms with E-state index in [4.69, 9.17) is 4.74 Å². The summed E-state index contributed by atoms with van der Waals surface area (Å²) in [4.78, 5) is 29.5. The Morgan fingerprint density at radius 3 is 2.80 bits per heavy atom. The smallest absolute Gasteiger partial charge is 0.319 e. The molecule has 2 aromatic rings. The van der Waals surface area contributed by atoms with E-state index in [1.54, 1.807) is 6.92 Å². The van der Waals surface area contributed by atoms with Gasteiger partial charge in [0.05, 0.1) is 0 Å². The number of hydrogen-bond donors (Lipinski definition) is 1. The lowest BCUT2D eigenvalue weighted by Gasteiger charge is -2.10. The average molecular weight is 290 g/mol. The molecule has 0 saturated carbocycles. The van der Waals surface area contributed by atoms with E-state index >= 15 is 0 Å². The van der Waals surface area contributed by atoms with Crippen molar-refractivity contribution in [3.8, 4) is 0 Å². The molecule has 1 aromatic heterocycles. The summed E-state index contributed by atoms with van der Waals surface area (Å²) in [5.41, 5.74) is 0.691. The summed E-state index contributed by atoms with van der Waals surface area (Å²) in [6.45, 7) is 1.95. The quantitative estimate of drug-likeness (QED) is 0.518. The number of nitrogens with one attached hydrogen (secondary N) is 1. The maximum Gasteiger partial charge on any atom is 0.319 e. The van der Waals surface area contributed by atoms with Crippen LogP contribution in [0.2, 0.25) is 0 Å². The third-order valence-electron chi connectivity index (χ3n) is 2.49. The molecule has 1 N–H and O–H groups in total. The lowest BCUT2D eigenvalue weighted by molar-refractivity contribution is -0.143. The van der Waals surface area contributed by atoms with Crippen LogP contribution in [-0.2, 0) is 16.1 Å². The Bertz CT molecular complexity index is 628. The molecule has 1 aromatic carbocycles. The van der Waals surface area contributed by atoms with Crippen molar-refractivity contribution in [1.82, 2.24) is 9.97 Å². The molecule has 104 valence electrons. The number of ether oxygens (including phenoxy) is 1. The zero-order chi connectivity index (χ0) is 14.4. The van der Waals surface area contributed by atoms with Crippen LogP contribution >= 0.6 is 11.8 Å². The van der Waals surface area contributed by atoms with E-state index in [2.05, 4.69) is 9.97 Å². The normalized spacial score (nSPS) is 11.8. The number of thioether (sulfide) groups is 1. The zero-order valence-electron chi connectivity index (χ0n) is 10.9. The van der Waals surface area contributed by atoms with Gasteiger partial charge in [-0.05, 0) is 12.5 Å². The summed E-state index contributed by atoms with van der Waals surface area (Å²) in [6, 6.07) is 10.8. The molecule has 0 aliphatic carbocycles. The fraction of sp³-hybridized carbons (Fsp3) is 0.214. The molecule has 1 unspecified atom stereocenters.